The third kappa shape index (κ3) is 11.5. The Morgan fingerprint density at radius 2 is 1.77 bits per heavy atom. The lowest BCUT2D eigenvalue weighted by Gasteiger charge is -2.39. The van der Waals surface area contributed by atoms with Gasteiger partial charge in [-0.3, -0.25) is 19.8 Å². The van der Waals surface area contributed by atoms with Crippen LogP contribution < -0.4 is 19.7 Å². The van der Waals surface area contributed by atoms with Crippen molar-refractivity contribution in [2.45, 2.75) is 63.9 Å². The molecule has 1 amide bonds. The Labute approximate surface area is 399 Å². The number of nitro benzene ring substituents is 1. The van der Waals surface area contributed by atoms with Crippen LogP contribution in [0.5, 0.6) is 11.5 Å². The second-order valence-corrected chi connectivity index (χ2v) is 22.6. The van der Waals surface area contributed by atoms with Crippen molar-refractivity contribution >= 4 is 59.6 Å². The molecule has 2 aromatic heterocycles. The summed E-state index contributed by atoms with van der Waals surface area (Å²) in [6.07, 6.45) is 3.77. The second kappa shape index (κ2) is 19.4. The molecule has 5 aromatic rings. The fourth-order valence-corrected chi connectivity index (χ4v) is 11.4. The molecule has 1 aliphatic carbocycles. The Hall–Kier alpha value is -6.03. The van der Waals surface area contributed by atoms with Crippen molar-refractivity contribution in [2.24, 2.45) is 11.3 Å². The van der Waals surface area contributed by atoms with E-state index in [1.807, 2.05) is 0 Å². The van der Waals surface area contributed by atoms with Crippen molar-refractivity contribution in [3.8, 4) is 11.5 Å². The summed E-state index contributed by atoms with van der Waals surface area (Å²) in [5.41, 5.74) is 3.79. The number of amides is 1. The van der Waals surface area contributed by atoms with E-state index in [2.05, 4.69) is 43.7 Å². The molecule has 4 heterocycles. The Morgan fingerprint density at radius 3 is 2.48 bits per heavy atom. The summed E-state index contributed by atoms with van der Waals surface area (Å²) in [4.78, 5) is 36.8. The summed E-state index contributed by atoms with van der Waals surface area (Å²) in [5, 5.41) is 15.9. The van der Waals surface area contributed by atoms with E-state index in [0.29, 0.717) is 69.0 Å². The lowest BCUT2D eigenvalue weighted by atomic mass is 9.72. The van der Waals surface area contributed by atoms with Gasteiger partial charge < -0.3 is 19.9 Å². The van der Waals surface area contributed by atoms with E-state index in [9.17, 15) is 44.9 Å². The molecule has 8 rings (SSSR count). The van der Waals surface area contributed by atoms with Crippen LogP contribution in [0.4, 0.5) is 30.2 Å². The van der Waals surface area contributed by atoms with Gasteiger partial charge in [0.2, 0.25) is 10.0 Å². The first-order chi connectivity index (χ1) is 32.5. The molecule has 2 aliphatic heterocycles. The zero-order valence-electron chi connectivity index (χ0n) is 38.7. The van der Waals surface area contributed by atoms with Gasteiger partial charge in [-0.1, -0.05) is 25.5 Å². The molecule has 3 aromatic carbocycles. The zero-order valence-corrected chi connectivity index (χ0v) is 40.4. The van der Waals surface area contributed by atoms with Crippen molar-refractivity contribution in [3.63, 3.8) is 0 Å². The number of nitrogens with one attached hydrogen (secondary N) is 3. The second-order valence-electron chi connectivity index (χ2n) is 19.0. The van der Waals surface area contributed by atoms with E-state index in [1.165, 1.54) is 40.3 Å². The maximum Gasteiger partial charge on any atom is 0.416 e. The third-order valence-corrected chi connectivity index (χ3v) is 15.9. The van der Waals surface area contributed by atoms with Gasteiger partial charge in [0.05, 0.1) is 33.4 Å². The molecule has 0 unspecified atom stereocenters. The van der Waals surface area contributed by atoms with Crippen molar-refractivity contribution in [2.75, 3.05) is 68.8 Å². The van der Waals surface area contributed by atoms with E-state index >= 15 is 0 Å². The first-order valence-electron chi connectivity index (χ1n) is 22.7. The molecule has 16 nitrogen and oxygen atoms in total. The first-order valence-corrected chi connectivity index (χ1v) is 26.0. The van der Waals surface area contributed by atoms with E-state index in [0.717, 1.165) is 54.2 Å². The van der Waals surface area contributed by atoms with Crippen molar-refractivity contribution in [1.29, 1.82) is 0 Å². The van der Waals surface area contributed by atoms with Gasteiger partial charge in [0.25, 0.3) is 21.6 Å². The van der Waals surface area contributed by atoms with E-state index in [4.69, 9.17) is 4.74 Å². The predicted molar refractivity (Wildman–Crippen MR) is 257 cm³/mol. The highest BCUT2D eigenvalue weighted by Crippen LogP contribution is 2.45. The highest BCUT2D eigenvalue weighted by Gasteiger charge is 2.34. The Morgan fingerprint density at radius 1 is 1.00 bits per heavy atom. The Kier molecular flexibility index (Phi) is 13.9. The number of piperazine rings is 1. The number of ether oxygens (including phenoxy) is 1. The molecule has 368 valence electrons. The van der Waals surface area contributed by atoms with Crippen LogP contribution >= 0.6 is 0 Å². The van der Waals surface area contributed by atoms with Crippen LogP contribution in [0.25, 0.3) is 16.6 Å². The minimum atomic E-state index is -4.68. The van der Waals surface area contributed by atoms with Gasteiger partial charge in [-0.25, -0.2) is 30.8 Å². The number of carbonyl (C=O) groups excluding carboxylic acids is 1. The molecular formula is C48H55F3N8O8S2. The molecule has 3 aliphatic rings. The molecule has 2 saturated heterocycles. The Balaban J connectivity index is 0.996. The number of aromatic amines is 1. The van der Waals surface area contributed by atoms with Crippen LogP contribution in [0.2, 0.25) is 0 Å². The summed E-state index contributed by atoms with van der Waals surface area (Å²) in [7, 11) is -8.09. The lowest BCUT2D eigenvalue weighted by Crippen LogP contribution is -2.47. The number of hydrogen-bond donors (Lipinski definition) is 3. The standard InChI is InChI=1S/C48H55F3N8O8S2/c1-31-22-35(48(49,50)51)7-10-39(31)41-26-47(2,3)15-13-34(41)30-56-18-20-57(21-19-56)36-8-11-40(44(24-36)67-37-23-33-14-16-52-45(33)54-28-37)46(60)55-69(65,66)38-9-12-42(43(25-38)59(61)62)53-27-32-6-5-17-58(29-32)68(4,63)64/h7-12,14,16,22-25,28,32,53H,5-6,13,15,17-21,26-27,29-30H2,1-4H3,(H,52,54)(H,55,60)/t32-/m0/s1. The largest absolute Gasteiger partial charge is 0.455 e. The Bertz CT molecular complexity index is 3040. The summed E-state index contributed by atoms with van der Waals surface area (Å²) >= 11 is 0. The highest BCUT2D eigenvalue weighted by molar-refractivity contribution is 7.90. The number of H-pyrrole nitrogens is 1. The quantitative estimate of drug-likeness (QED) is 0.0708. The van der Waals surface area contributed by atoms with Gasteiger partial charge in [0.1, 0.15) is 22.8 Å². The van der Waals surface area contributed by atoms with Crippen LogP contribution in [0.1, 0.15) is 73.0 Å². The SMILES string of the molecule is Cc1cc(C(F)(F)F)ccc1C1=C(CN2CCN(c3ccc(C(=O)NS(=O)(=O)c4ccc(NC[C@@H]5CCCN(S(C)(=O)=O)C5)c([N+](=O)[O-])c4)c(Oc4cnc5[nH]ccc5c4)c3)CC2)CCC(C)(C)C1. The van der Waals surface area contributed by atoms with Crippen molar-refractivity contribution < 1.29 is 44.5 Å². The number of alkyl halides is 3. The highest BCUT2D eigenvalue weighted by atomic mass is 32.2. The molecule has 69 heavy (non-hydrogen) atoms. The van der Waals surface area contributed by atoms with Gasteiger partial charge in [0, 0.05) is 81.8 Å². The lowest BCUT2D eigenvalue weighted by molar-refractivity contribution is -0.384. The van der Waals surface area contributed by atoms with Gasteiger partial charge in [-0.05, 0) is 116 Å². The molecular weight excluding hydrogens is 938 g/mol. The number of sulfonamides is 2. The minimum absolute atomic E-state index is 0.00253. The maximum absolute atomic E-state index is 14.0. The fourth-order valence-electron chi connectivity index (χ4n) is 9.45. The summed E-state index contributed by atoms with van der Waals surface area (Å²) in [6, 6.07) is 15.6. The number of aromatic nitrogens is 2. The minimum Gasteiger partial charge on any atom is -0.455 e. The maximum atomic E-state index is 14.0. The number of hydrogen-bond acceptors (Lipinski definition) is 12. The van der Waals surface area contributed by atoms with E-state index in [-0.39, 0.29) is 47.2 Å². The third-order valence-electron chi connectivity index (χ3n) is 13.3. The van der Waals surface area contributed by atoms with Crippen LogP contribution in [0.3, 0.4) is 0 Å². The van der Waals surface area contributed by atoms with Gasteiger partial charge in [-0.2, -0.15) is 13.2 Å². The number of carbonyl (C=O) groups is 1. The van der Waals surface area contributed by atoms with Crippen LogP contribution in [0.15, 0.2) is 89.6 Å². The molecule has 3 N–H and O–H groups in total. The zero-order chi connectivity index (χ0) is 49.5. The molecule has 1 atom stereocenters. The van der Waals surface area contributed by atoms with Crippen molar-refractivity contribution in [1.82, 2.24) is 23.9 Å². The number of piperidine rings is 1. The summed E-state index contributed by atoms with van der Waals surface area (Å²) in [5.74, 6) is -0.864. The number of halogens is 3. The number of nitrogens with zero attached hydrogens (tertiary/aromatic N) is 5. The predicted octanol–water partition coefficient (Wildman–Crippen LogP) is 8.58. The number of nitro groups is 1. The van der Waals surface area contributed by atoms with Crippen LogP contribution in [-0.4, -0.2) is 105 Å². The van der Waals surface area contributed by atoms with E-state index < -0.39 is 53.2 Å². The number of fused-ring (bicyclic) bond motifs is 1. The van der Waals surface area contributed by atoms with E-state index in [1.54, 1.807) is 43.5 Å². The molecule has 0 saturated carbocycles. The molecule has 2 fully saturated rings. The van der Waals surface area contributed by atoms with Crippen LogP contribution in [-0.2, 0) is 26.2 Å². The normalized spacial score (nSPS) is 18.6. The molecule has 21 heteroatoms. The number of anilines is 2. The topological polar surface area (TPSA) is 200 Å². The van der Waals surface area contributed by atoms with Gasteiger partial charge in [-0.15, -0.1) is 0 Å². The average Bonchev–Trinajstić information content (AvgIpc) is 3.76. The number of rotatable bonds is 14. The average molecular weight is 993 g/mol. The smallest absolute Gasteiger partial charge is 0.416 e. The molecule has 0 radical (unpaired) electrons. The fraction of sp³-hybridized carbons (Fsp3) is 0.417. The van der Waals surface area contributed by atoms with Gasteiger partial charge >= 0.3 is 6.18 Å². The monoisotopic (exact) mass is 992 g/mol. The molecule has 0 spiro atoms. The number of pyridine rings is 1. The summed E-state index contributed by atoms with van der Waals surface area (Å²) in [6.45, 7) is 10.1. The first kappa shape index (κ1) is 49.4. The number of benzene rings is 3. The van der Waals surface area contributed by atoms with Gasteiger partial charge in [0.15, 0.2) is 0 Å². The molecule has 0 bridgehead atoms. The number of aryl methyl sites for hydroxylation is 1. The number of allylic oxidation sites excluding steroid dienone is 1. The van der Waals surface area contributed by atoms with Crippen molar-refractivity contribution in [3.05, 3.63) is 117 Å². The van der Waals surface area contributed by atoms with Crippen LogP contribution in [0, 0.1) is 28.4 Å². The summed E-state index contributed by atoms with van der Waals surface area (Å²) < 4.78 is 102.